The molecule has 3 N–H and O–H groups in total. The van der Waals surface area contributed by atoms with Gasteiger partial charge in [0.15, 0.2) is 18.1 Å². The summed E-state index contributed by atoms with van der Waals surface area (Å²) >= 11 is 0. The summed E-state index contributed by atoms with van der Waals surface area (Å²) in [5.74, 6) is 1.38. The lowest BCUT2D eigenvalue weighted by Gasteiger charge is -2.21. The van der Waals surface area contributed by atoms with Gasteiger partial charge in [0.05, 0.1) is 24.8 Å². The van der Waals surface area contributed by atoms with Crippen LogP contribution >= 0.6 is 0 Å². The molecule has 3 rings (SSSR count). The third-order valence-corrected chi connectivity index (χ3v) is 5.93. The van der Waals surface area contributed by atoms with Crippen molar-refractivity contribution in [2.75, 3.05) is 66.0 Å². The second-order valence-corrected chi connectivity index (χ2v) is 10.5. The van der Waals surface area contributed by atoms with Crippen LogP contribution in [0.1, 0.15) is 39.7 Å². The highest BCUT2D eigenvalue weighted by Crippen LogP contribution is 2.40. The molecule has 0 fully saturated rings. The lowest BCUT2D eigenvalue weighted by Crippen LogP contribution is -2.27. The minimum absolute atomic E-state index is 0.287. The van der Waals surface area contributed by atoms with Gasteiger partial charge in [-0.15, -0.1) is 0 Å². The quantitative estimate of drug-likeness (QED) is 0.161. The zero-order chi connectivity index (χ0) is 29.8. The summed E-state index contributed by atoms with van der Waals surface area (Å²) in [5, 5.41) is 7.45. The van der Waals surface area contributed by atoms with Crippen LogP contribution in [0.2, 0.25) is 0 Å². The van der Waals surface area contributed by atoms with Crippen LogP contribution in [0.3, 0.4) is 0 Å². The Morgan fingerprint density at radius 1 is 1.10 bits per heavy atom. The van der Waals surface area contributed by atoms with Gasteiger partial charge in [0.25, 0.3) is 0 Å². The van der Waals surface area contributed by atoms with Crippen molar-refractivity contribution >= 4 is 28.5 Å². The number of aromatic nitrogens is 3. The number of methoxy groups -OCH3 is 1. The van der Waals surface area contributed by atoms with Crippen LogP contribution in [0.15, 0.2) is 24.7 Å². The van der Waals surface area contributed by atoms with Crippen molar-refractivity contribution in [1.82, 2.24) is 25.2 Å². The highest BCUT2D eigenvalue weighted by atomic mass is 16.6. The molecule has 2 aromatic heterocycles. The standard InChI is InChI=1S/C29H44N6O6/c1-8-38-12-13-39-24-15-22(37-7)21(14-23(24)40-18-25(36)41-29(2,3)4)34-28-26-20(16-31-27(26)32-19-33-28)17-35(6)11-9-10-30-5/h14-16,19,30H,8-13,17-18H2,1-7H3,(H2,31,32,33,34). The van der Waals surface area contributed by atoms with Gasteiger partial charge in [-0.1, -0.05) is 0 Å². The van der Waals surface area contributed by atoms with Gasteiger partial charge in [0, 0.05) is 31.5 Å². The molecule has 0 aliphatic carbocycles. The van der Waals surface area contributed by atoms with E-state index in [0.717, 1.165) is 42.7 Å². The fourth-order valence-corrected chi connectivity index (χ4v) is 4.17. The maximum absolute atomic E-state index is 12.4. The van der Waals surface area contributed by atoms with E-state index in [9.17, 15) is 4.79 Å². The molecule has 0 saturated heterocycles. The monoisotopic (exact) mass is 572 g/mol. The number of hydrogen-bond acceptors (Lipinski definition) is 11. The van der Waals surface area contributed by atoms with Gasteiger partial charge in [0.2, 0.25) is 0 Å². The van der Waals surface area contributed by atoms with Crippen molar-refractivity contribution in [3.05, 3.63) is 30.2 Å². The number of fused-ring (bicyclic) bond motifs is 1. The molecule has 0 bridgehead atoms. The van der Waals surface area contributed by atoms with E-state index in [4.69, 9.17) is 23.7 Å². The Balaban J connectivity index is 1.91. The van der Waals surface area contributed by atoms with Gasteiger partial charge in [0.1, 0.15) is 35.7 Å². The number of nitrogens with zero attached hydrogens (tertiary/aromatic N) is 3. The van der Waals surface area contributed by atoms with Crippen LogP contribution in [0, 0.1) is 0 Å². The Kier molecular flexibility index (Phi) is 12.0. The van der Waals surface area contributed by atoms with Crippen molar-refractivity contribution in [3.8, 4) is 17.2 Å². The number of H-pyrrole nitrogens is 1. The van der Waals surface area contributed by atoms with Crippen molar-refractivity contribution < 1.29 is 28.5 Å². The minimum atomic E-state index is -0.627. The van der Waals surface area contributed by atoms with E-state index in [-0.39, 0.29) is 6.61 Å². The van der Waals surface area contributed by atoms with E-state index in [0.29, 0.717) is 48.6 Å². The van der Waals surface area contributed by atoms with Gasteiger partial charge >= 0.3 is 5.97 Å². The maximum Gasteiger partial charge on any atom is 0.344 e. The van der Waals surface area contributed by atoms with Gasteiger partial charge < -0.3 is 44.2 Å². The van der Waals surface area contributed by atoms with Crippen LogP contribution < -0.4 is 24.8 Å². The third-order valence-electron chi connectivity index (χ3n) is 5.93. The smallest absolute Gasteiger partial charge is 0.344 e. The van der Waals surface area contributed by atoms with Crippen LogP contribution in [-0.4, -0.2) is 92.1 Å². The van der Waals surface area contributed by atoms with E-state index >= 15 is 0 Å². The lowest BCUT2D eigenvalue weighted by atomic mass is 10.2. The fraction of sp³-hybridized carbons (Fsp3) is 0.552. The normalized spacial score (nSPS) is 11.6. The Morgan fingerprint density at radius 2 is 1.88 bits per heavy atom. The molecule has 0 atom stereocenters. The molecule has 0 unspecified atom stereocenters. The number of carbonyl (C=O) groups excluding carboxylic acids is 1. The van der Waals surface area contributed by atoms with E-state index in [1.165, 1.54) is 6.33 Å². The zero-order valence-electron chi connectivity index (χ0n) is 25.3. The molecule has 226 valence electrons. The summed E-state index contributed by atoms with van der Waals surface area (Å²) in [6.45, 7) is 11.0. The average molecular weight is 573 g/mol. The summed E-state index contributed by atoms with van der Waals surface area (Å²) in [7, 11) is 5.62. The number of ether oxygens (including phenoxy) is 5. The first-order chi connectivity index (χ1) is 19.6. The van der Waals surface area contributed by atoms with Crippen molar-refractivity contribution in [3.63, 3.8) is 0 Å². The maximum atomic E-state index is 12.4. The first-order valence-electron chi connectivity index (χ1n) is 13.8. The molecule has 3 aromatic rings. The Hall–Kier alpha value is -3.61. The van der Waals surface area contributed by atoms with Gasteiger partial charge in [-0.3, -0.25) is 0 Å². The van der Waals surface area contributed by atoms with Crippen LogP contribution in [0.5, 0.6) is 17.2 Å². The number of esters is 1. The highest BCUT2D eigenvalue weighted by Gasteiger charge is 2.20. The molecular weight excluding hydrogens is 528 g/mol. The van der Waals surface area contributed by atoms with Crippen molar-refractivity contribution in [2.24, 2.45) is 0 Å². The van der Waals surface area contributed by atoms with E-state index in [1.807, 2.05) is 20.2 Å². The molecule has 12 heteroatoms. The summed E-state index contributed by atoms with van der Waals surface area (Å²) in [4.78, 5) is 26.9. The zero-order valence-corrected chi connectivity index (χ0v) is 25.3. The molecular formula is C29H44N6O6. The Morgan fingerprint density at radius 3 is 2.59 bits per heavy atom. The molecule has 0 aliphatic rings. The molecule has 0 amide bonds. The molecule has 1 aromatic carbocycles. The lowest BCUT2D eigenvalue weighted by molar-refractivity contribution is -0.157. The number of rotatable bonds is 17. The van der Waals surface area contributed by atoms with Gasteiger partial charge in [-0.2, -0.15) is 0 Å². The molecule has 0 saturated carbocycles. The number of anilines is 2. The topological polar surface area (TPSA) is 132 Å². The summed E-state index contributed by atoms with van der Waals surface area (Å²) in [6.07, 6.45) is 4.50. The van der Waals surface area contributed by atoms with E-state index in [2.05, 4.69) is 37.5 Å². The number of nitrogens with one attached hydrogen (secondary N) is 3. The first kappa shape index (κ1) is 31.9. The number of benzene rings is 1. The largest absolute Gasteiger partial charge is 0.494 e. The molecule has 0 spiro atoms. The minimum Gasteiger partial charge on any atom is -0.494 e. The highest BCUT2D eigenvalue weighted by molar-refractivity contribution is 5.92. The summed E-state index contributed by atoms with van der Waals surface area (Å²) < 4.78 is 28.3. The second kappa shape index (κ2) is 15.4. The molecule has 12 nitrogen and oxygen atoms in total. The predicted molar refractivity (Wildman–Crippen MR) is 158 cm³/mol. The number of aromatic amines is 1. The molecule has 2 heterocycles. The average Bonchev–Trinajstić information content (AvgIpc) is 3.33. The molecule has 0 aliphatic heterocycles. The van der Waals surface area contributed by atoms with Crippen molar-refractivity contribution in [2.45, 2.75) is 46.3 Å². The second-order valence-electron chi connectivity index (χ2n) is 10.5. The predicted octanol–water partition coefficient (Wildman–Crippen LogP) is 3.89. The van der Waals surface area contributed by atoms with E-state index < -0.39 is 11.6 Å². The molecule has 41 heavy (non-hydrogen) atoms. The van der Waals surface area contributed by atoms with Gasteiger partial charge in [-0.05, 0) is 66.9 Å². The van der Waals surface area contributed by atoms with Gasteiger partial charge in [-0.25, -0.2) is 14.8 Å². The number of hydrogen-bond donors (Lipinski definition) is 3. The third kappa shape index (κ3) is 9.76. The first-order valence-corrected chi connectivity index (χ1v) is 13.8. The fourth-order valence-electron chi connectivity index (χ4n) is 4.17. The SMILES string of the molecule is CCOCCOc1cc(OC)c(Nc2ncnc3[nH]cc(CN(C)CCCNC)c23)cc1OCC(=O)OC(C)(C)C. The Labute approximate surface area is 242 Å². The summed E-state index contributed by atoms with van der Waals surface area (Å²) in [6, 6.07) is 3.44. The van der Waals surface area contributed by atoms with Crippen molar-refractivity contribution in [1.29, 1.82) is 0 Å². The van der Waals surface area contributed by atoms with Crippen LogP contribution in [-0.2, 0) is 20.8 Å². The Bertz CT molecular complexity index is 1260. The number of carbonyl (C=O) groups is 1. The van der Waals surface area contributed by atoms with Crippen LogP contribution in [0.4, 0.5) is 11.5 Å². The van der Waals surface area contributed by atoms with Crippen LogP contribution in [0.25, 0.3) is 11.0 Å². The summed E-state index contributed by atoms with van der Waals surface area (Å²) in [5.41, 5.74) is 1.74. The van der Waals surface area contributed by atoms with E-state index in [1.54, 1.807) is 40.0 Å². The molecule has 0 radical (unpaired) electrons.